The highest BCUT2D eigenvalue weighted by Crippen LogP contribution is 2.38. The molecule has 0 unspecified atom stereocenters. The SMILES string of the molecule is C[C@H](N)c1ccc2c(NC(=O)c3cc(-c4ncccn4)c(C(F)(F)F)cc3F)n(-c3ccccc3)nc2c1. The van der Waals surface area contributed by atoms with Gasteiger partial charge < -0.3 is 11.1 Å². The summed E-state index contributed by atoms with van der Waals surface area (Å²) in [5, 5.41) is 7.77. The normalized spacial score (nSPS) is 12.5. The Kier molecular flexibility index (Phi) is 6.37. The number of hydrogen-bond donors (Lipinski definition) is 2. The highest BCUT2D eigenvalue weighted by molar-refractivity contribution is 6.09. The van der Waals surface area contributed by atoms with Crippen LogP contribution in [0.3, 0.4) is 0 Å². The number of alkyl halides is 3. The summed E-state index contributed by atoms with van der Waals surface area (Å²) < 4.78 is 57.6. The summed E-state index contributed by atoms with van der Waals surface area (Å²) in [7, 11) is 0. The second kappa shape index (κ2) is 9.67. The maximum Gasteiger partial charge on any atom is 0.417 e. The molecule has 0 aliphatic heterocycles. The van der Waals surface area contributed by atoms with Crippen LogP contribution in [0, 0.1) is 5.82 Å². The minimum absolute atomic E-state index is 0.212. The van der Waals surface area contributed by atoms with Crippen LogP contribution in [0.4, 0.5) is 23.4 Å². The van der Waals surface area contributed by atoms with Gasteiger partial charge in [-0.2, -0.15) is 18.3 Å². The number of hydrogen-bond acceptors (Lipinski definition) is 5. The fourth-order valence-electron chi connectivity index (χ4n) is 4.04. The van der Waals surface area contributed by atoms with Crippen LogP contribution in [0.25, 0.3) is 28.0 Å². The van der Waals surface area contributed by atoms with Crippen LogP contribution in [0.2, 0.25) is 0 Å². The number of amides is 1. The van der Waals surface area contributed by atoms with E-state index in [0.717, 1.165) is 11.6 Å². The molecule has 5 aromatic rings. The number of nitrogens with one attached hydrogen (secondary N) is 1. The second-order valence-corrected chi connectivity index (χ2v) is 8.56. The number of halogens is 4. The summed E-state index contributed by atoms with van der Waals surface area (Å²) in [6.07, 6.45) is -2.39. The lowest BCUT2D eigenvalue weighted by molar-refractivity contribution is -0.137. The molecule has 2 aromatic heterocycles. The van der Waals surface area contributed by atoms with Crippen molar-refractivity contribution in [3.63, 3.8) is 0 Å². The van der Waals surface area contributed by atoms with Crippen molar-refractivity contribution < 1.29 is 22.4 Å². The van der Waals surface area contributed by atoms with Crippen LogP contribution in [0.15, 0.2) is 79.1 Å². The molecule has 0 aliphatic carbocycles. The molecule has 0 fully saturated rings. The van der Waals surface area contributed by atoms with Crippen molar-refractivity contribution in [3.8, 4) is 17.1 Å². The first-order valence-electron chi connectivity index (χ1n) is 11.5. The zero-order valence-corrected chi connectivity index (χ0v) is 19.9. The number of carbonyl (C=O) groups is 1. The predicted octanol–water partition coefficient (Wildman–Crippen LogP) is 5.91. The van der Waals surface area contributed by atoms with Gasteiger partial charge in [-0.1, -0.05) is 24.3 Å². The smallest absolute Gasteiger partial charge is 0.324 e. The molecular formula is C27H20F4N6O. The van der Waals surface area contributed by atoms with E-state index in [-0.39, 0.29) is 23.8 Å². The quantitative estimate of drug-likeness (QED) is 0.281. The van der Waals surface area contributed by atoms with E-state index in [1.807, 2.05) is 13.0 Å². The topological polar surface area (TPSA) is 98.7 Å². The maximum absolute atomic E-state index is 15.0. The predicted molar refractivity (Wildman–Crippen MR) is 134 cm³/mol. The lowest BCUT2D eigenvalue weighted by Gasteiger charge is -2.15. The zero-order valence-electron chi connectivity index (χ0n) is 19.9. The van der Waals surface area contributed by atoms with E-state index in [1.165, 1.54) is 23.1 Å². The highest BCUT2D eigenvalue weighted by atomic mass is 19.4. The van der Waals surface area contributed by atoms with Gasteiger partial charge in [0.2, 0.25) is 0 Å². The molecule has 7 nitrogen and oxygen atoms in total. The summed E-state index contributed by atoms with van der Waals surface area (Å²) in [4.78, 5) is 21.1. The Hall–Kier alpha value is -4.64. The molecule has 0 spiro atoms. The highest BCUT2D eigenvalue weighted by Gasteiger charge is 2.36. The van der Waals surface area contributed by atoms with Crippen molar-refractivity contribution in [2.45, 2.75) is 19.1 Å². The Balaban J connectivity index is 1.63. The van der Waals surface area contributed by atoms with Gasteiger partial charge in [-0.05, 0) is 55.0 Å². The summed E-state index contributed by atoms with van der Waals surface area (Å²) in [5.74, 6) is -2.39. The van der Waals surface area contributed by atoms with E-state index < -0.39 is 34.6 Å². The minimum atomic E-state index is -4.90. The summed E-state index contributed by atoms with van der Waals surface area (Å²) in [5.41, 5.74) is 5.52. The molecule has 3 N–H and O–H groups in total. The molecule has 0 radical (unpaired) electrons. The molecule has 0 saturated heterocycles. The van der Waals surface area contributed by atoms with Crippen LogP contribution in [0.5, 0.6) is 0 Å². The first-order valence-corrected chi connectivity index (χ1v) is 11.5. The molecule has 2 heterocycles. The van der Waals surface area contributed by atoms with Crippen LogP contribution < -0.4 is 11.1 Å². The summed E-state index contributed by atoms with van der Waals surface area (Å²) in [6, 6.07) is 16.4. The number of benzene rings is 3. The van der Waals surface area contributed by atoms with Gasteiger partial charge in [0.15, 0.2) is 5.82 Å². The van der Waals surface area contributed by atoms with Gasteiger partial charge in [-0.25, -0.2) is 19.0 Å². The van der Waals surface area contributed by atoms with Crippen LogP contribution in [-0.4, -0.2) is 25.7 Å². The number of carbonyl (C=O) groups excluding carboxylic acids is 1. The van der Waals surface area contributed by atoms with Gasteiger partial charge in [0.05, 0.1) is 22.3 Å². The molecular weight excluding hydrogens is 500 g/mol. The number of aromatic nitrogens is 4. The van der Waals surface area contributed by atoms with Crippen molar-refractivity contribution in [1.29, 1.82) is 0 Å². The molecule has 5 rings (SSSR count). The molecule has 1 amide bonds. The average Bonchev–Trinajstić information content (AvgIpc) is 3.26. The number of nitrogens with two attached hydrogens (primary N) is 1. The fourth-order valence-corrected chi connectivity index (χ4v) is 4.04. The molecule has 0 saturated carbocycles. The lowest BCUT2D eigenvalue weighted by atomic mass is 10.0. The first kappa shape index (κ1) is 25.0. The Morgan fingerprint density at radius 1 is 1.00 bits per heavy atom. The maximum atomic E-state index is 15.0. The molecule has 11 heteroatoms. The van der Waals surface area contributed by atoms with Crippen molar-refractivity contribution in [2.75, 3.05) is 5.32 Å². The van der Waals surface area contributed by atoms with Gasteiger partial charge in [0.1, 0.15) is 11.6 Å². The van der Waals surface area contributed by atoms with E-state index in [0.29, 0.717) is 16.6 Å². The number of para-hydroxylation sites is 1. The summed E-state index contributed by atoms with van der Waals surface area (Å²) in [6.45, 7) is 1.82. The molecule has 38 heavy (non-hydrogen) atoms. The Morgan fingerprint density at radius 2 is 1.71 bits per heavy atom. The van der Waals surface area contributed by atoms with Gasteiger partial charge in [-0.3, -0.25) is 4.79 Å². The molecule has 0 aliphatic rings. The van der Waals surface area contributed by atoms with E-state index in [2.05, 4.69) is 20.4 Å². The molecule has 1 atom stereocenters. The lowest BCUT2D eigenvalue weighted by Crippen LogP contribution is -2.18. The van der Waals surface area contributed by atoms with Gasteiger partial charge in [0.25, 0.3) is 5.91 Å². The fraction of sp³-hybridized carbons (Fsp3) is 0.111. The number of rotatable bonds is 5. The third kappa shape index (κ3) is 4.71. The van der Waals surface area contributed by atoms with Crippen molar-refractivity contribution in [3.05, 3.63) is 102 Å². The first-order chi connectivity index (χ1) is 18.1. The van der Waals surface area contributed by atoms with Crippen molar-refractivity contribution >= 4 is 22.6 Å². The van der Waals surface area contributed by atoms with E-state index in [4.69, 9.17) is 5.73 Å². The molecule has 0 bridgehead atoms. The van der Waals surface area contributed by atoms with E-state index in [1.54, 1.807) is 42.5 Å². The zero-order chi connectivity index (χ0) is 27.0. The largest absolute Gasteiger partial charge is 0.417 e. The minimum Gasteiger partial charge on any atom is -0.324 e. The number of anilines is 1. The summed E-state index contributed by atoms with van der Waals surface area (Å²) >= 11 is 0. The van der Waals surface area contributed by atoms with Crippen LogP contribution in [0.1, 0.15) is 34.5 Å². The van der Waals surface area contributed by atoms with Crippen LogP contribution >= 0.6 is 0 Å². The van der Waals surface area contributed by atoms with Gasteiger partial charge in [0, 0.05) is 29.4 Å². The molecule has 3 aromatic carbocycles. The number of nitrogens with zero attached hydrogens (tertiary/aromatic N) is 4. The van der Waals surface area contributed by atoms with Crippen molar-refractivity contribution in [1.82, 2.24) is 19.7 Å². The Labute approximate surface area is 214 Å². The Bertz CT molecular complexity index is 1630. The average molecular weight is 520 g/mol. The molecule has 192 valence electrons. The van der Waals surface area contributed by atoms with E-state index >= 15 is 0 Å². The third-order valence-electron chi connectivity index (χ3n) is 5.92. The Morgan fingerprint density at radius 3 is 2.37 bits per heavy atom. The van der Waals surface area contributed by atoms with Crippen molar-refractivity contribution in [2.24, 2.45) is 5.73 Å². The van der Waals surface area contributed by atoms with Gasteiger partial charge in [-0.15, -0.1) is 0 Å². The third-order valence-corrected chi connectivity index (χ3v) is 5.92. The van der Waals surface area contributed by atoms with Gasteiger partial charge >= 0.3 is 6.18 Å². The van der Waals surface area contributed by atoms with Crippen LogP contribution in [-0.2, 0) is 6.18 Å². The standard InChI is InChI=1S/C27H20F4N6O/c1-15(32)16-8-9-18-23(12-16)36-37(17-6-3-2-4-7-17)25(18)35-26(38)20-13-19(24-33-10-5-11-34-24)21(14-22(20)28)27(29,30)31/h2-15H,32H2,1H3,(H,35,38)/t15-/m0/s1. The second-order valence-electron chi connectivity index (χ2n) is 8.56. The monoisotopic (exact) mass is 520 g/mol. The number of fused-ring (bicyclic) bond motifs is 1. The van der Waals surface area contributed by atoms with E-state index in [9.17, 15) is 22.4 Å².